The van der Waals surface area contributed by atoms with Crippen molar-refractivity contribution in [3.63, 3.8) is 0 Å². The van der Waals surface area contributed by atoms with Crippen molar-refractivity contribution < 1.29 is 9.90 Å². The molecule has 0 aliphatic carbocycles. The van der Waals surface area contributed by atoms with Crippen LogP contribution in [0.5, 0.6) is 0 Å². The van der Waals surface area contributed by atoms with Crippen LogP contribution < -0.4 is 5.32 Å². The maximum atomic E-state index is 12.4. The Balaban J connectivity index is 2.10. The molecule has 0 aromatic heterocycles. The molecule has 2 amide bonds. The van der Waals surface area contributed by atoms with E-state index in [1.807, 2.05) is 12.1 Å². The van der Waals surface area contributed by atoms with E-state index >= 15 is 0 Å². The van der Waals surface area contributed by atoms with Gasteiger partial charge in [-0.25, -0.2) is 4.79 Å². The molecule has 1 aliphatic rings. The highest BCUT2D eigenvalue weighted by Crippen LogP contribution is 2.24. The highest BCUT2D eigenvalue weighted by Gasteiger charge is 2.26. The zero-order valence-corrected chi connectivity index (χ0v) is 13.2. The zero-order valence-electron chi connectivity index (χ0n) is 13.2. The minimum absolute atomic E-state index is 0.0402. The molecule has 1 atom stereocenters. The lowest BCUT2D eigenvalue weighted by atomic mass is 9.97. The fraction of sp³-hybridized carbons (Fsp3) is 0.588. The molecule has 1 aromatic rings. The van der Waals surface area contributed by atoms with Crippen LogP contribution in [0.1, 0.15) is 50.2 Å². The first-order valence-corrected chi connectivity index (χ1v) is 7.82. The average Bonchev–Trinajstić information content (AvgIpc) is 2.48. The number of nitrogens with zero attached hydrogens (tertiary/aromatic N) is 1. The summed E-state index contributed by atoms with van der Waals surface area (Å²) in [6.45, 7) is 7.16. The molecule has 0 saturated carbocycles. The van der Waals surface area contributed by atoms with Gasteiger partial charge in [0.05, 0.1) is 12.6 Å². The van der Waals surface area contributed by atoms with Crippen LogP contribution in [0.2, 0.25) is 0 Å². The van der Waals surface area contributed by atoms with Crippen LogP contribution in [0.4, 0.5) is 10.5 Å². The summed E-state index contributed by atoms with van der Waals surface area (Å²) in [7, 11) is 0. The fourth-order valence-electron chi connectivity index (χ4n) is 2.99. The third kappa shape index (κ3) is 3.76. The number of hydrogen-bond acceptors (Lipinski definition) is 2. The van der Waals surface area contributed by atoms with E-state index in [0.29, 0.717) is 5.92 Å². The zero-order chi connectivity index (χ0) is 15.4. The van der Waals surface area contributed by atoms with Gasteiger partial charge in [-0.1, -0.05) is 19.9 Å². The summed E-state index contributed by atoms with van der Waals surface area (Å²) in [6, 6.07) is 5.89. The maximum Gasteiger partial charge on any atom is 0.322 e. The van der Waals surface area contributed by atoms with Crippen LogP contribution in [0.25, 0.3) is 0 Å². The van der Waals surface area contributed by atoms with E-state index in [-0.39, 0.29) is 18.7 Å². The predicted octanol–water partition coefficient (Wildman–Crippen LogP) is 3.50. The van der Waals surface area contributed by atoms with E-state index < -0.39 is 0 Å². The number of aliphatic hydroxyl groups is 1. The summed E-state index contributed by atoms with van der Waals surface area (Å²) >= 11 is 0. The Kier molecular flexibility index (Phi) is 5.23. The molecule has 2 N–H and O–H groups in total. The van der Waals surface area contributed by atoms with Gasteiger partial charge in [0.1, 0.15) is 0 Å². The van der Waals surface area contributed by atoms with Crippen LogP contribution >= 0.6 is 0 Å². The van der Waals surface area contributed by atoms with Crippen LogP contribution in [-0.4, -0.2) is 35.2 Å². The molecule has 116 valence electrons. The third-order valence-electron chi connectivity index (χ3n) is 4.25. The largest absolute Gasteiger partial charge is 0.394 e. The van der Waals surface area contributed by atoms with E-state index in [4.69, 9.17) is 0 Å². The first kappa shape index (κ1) is 15.8. The highest BCUT2D eigenvalue weighted by atomic mass is 16.3. The van der Waals surface area contributed by atoms with Crippen LogP contribution in [0.3, 0.4) is 0 Å². The lowest BCUT2D eigenvalue weighted by Crippen LogP contribution is -2.47. The molecule has 1 saturated heterocycles. The Morgan fingerprint density at radius 2 is 2.19 bits per heavy atom. The predicted molar refractivity (Wildman–Crippen MR) is 85.7 cm³/mol. The SMILES string of the molecule is Cc1ccc(NC(=O)N2CCCC[C@@H]2CO)cc1C(C)C. The fourth-order valence-corrected chi connectivity index (χ4v) is 2.99. The van der Waals surface area contributed by atoms with Gasteiger partial charge in [0.25, 0.3) is 0 Å². The number of anilines is 1. The van der Waals surface area contributed by atoms with Crippen molar-refractivity contribution in [3.05, 3.63) is 29.3 Å². The summed E-state index contributed by atoms with van der Waals surface area (Å²) in [5, 5.41) is 12.4. The number of aliphatic hydroxyl groups excluding tert-OH is 1. The number of amides is 2. The van der Waals surface area contributed by atoms with Gasteiger partial charge in [0, 0.05) is 12.2 Å². The number of rotatable bonds is 3. The standard InChI is InChI=1S/C17H26N2O2/c1-12(2)16-10-14(8-7-13(16)3)18-17(21)19-9-5-4-6-15(19)11-20/h7-8,10,12,15,20H,4-6,9,11H2,1-3H3,(H,18,21)/t15-/m1/s1. The summed E-state index contributed by atoms with van der Waals surface area (Å²) in [5.41, 5.74) is 3.33. The Bertz CT molecular complexity index is 500. The van der Waals surface area contributed by atoms with Crippen molar-refractivity contribution in [2.24, 2.45) is 0 Å². The van der Waals surface area contributed by atoms with Crippen molar-refractivity contribution >= 4 is 11.7 Å². The van der Waals surface area contributed by atoms with Gasteiger partial charge in [-0.2, -0.15) is 0 Å². The number of likely N-dealkylation sites (tertiary alicyclic amines) is 1. The third-order valence-corrected chi connectivity index (χ3v) is 4.25. The molecular formula is C17H26N2O2. The molecule has 0 spiro atoms. The minimum atomic E-state index is -0.104. The van der Waals surface area contributed by atoms with E-state index in [0.717, 1.165) is 31.5 Å². The number of urea groups is 1. The quantitative estimate of drug-likeness (QED) is 0.895. The van der Waals surface area contributed by atoms with Gasteiger partial charge >= 0.3 is 6.03 Å². The Hall–Kier alpha value is -1.55. The molecule has 4 heteroatoms. The van der Waals surface area contributed by atoms with Gasteiger partial charge < -0.3 is 15.3 Å². The lowest BCUT2D eigenvalue weighted by Gasteiger charge is -2.34. The summed E-state index contributed by atoms with van der Waals surface area (Å²) in [4.78, 5) is 14.2. The maximum absolute atomic E-state index is 12.4. The van der Waals surface area contributed by atoms with Gasteiger partial charge in [-0.3, -0.25) is 0 Å². The summed E-state index contributed by atoms with van der Waals surface area (Å²) in [5.74, 6) is 0.432. The van der Waals surface area contributed by atoms with Crippen LogP contribution in [0.15, 0.2) is 18.2 Å². The van der Waals surface area contributed by atoms with Crippen molar-refractivity contribution in [2.45, 2.75) is 52.0 Å². The number of aryl methyl sites for hydroxylation is 1. The minimum Gasteiger partial charge on any atom is -0.394 e. The normalized spacial score (nSPS) is 18.9. The van der Waals surface area contributed by atoms with E-state index in [9.17, 15) is 9.90 Å². The monoisotopic (exact) mass is 290 g/mol. The number of hydrogen-bond donors (Lipinski definition) is 2. The average molecular weight is 290 g/mol. The van der Waals surface area contributed by atoms with Crippen molar-refractivity contribution in [1.82, 2.24) is 4.90 Å². The second kappa shape index (κ2) is 6.94. The van der Waals surface area contributed by atoms with Crippen molar-refractivity contribution in [1.29, 1.82) is 0 Å². The first-order chi connectivity index (χ1) is 10.0. The molecular weight excluding hydrogens is 264 g/mol. The van der Waals surface area contributed by atoms with Crippen LogP contribution in [-0.2, 0) is 0 Å². The van der Waals surface area contributed by atoms with Gasteiger partial charge in [0.2, 0.25) is 0 Å². The lowest BCUT2D eigenvalue weighted by molar-refractivity contribution is 0.115. The molecule has 1 aliphatic heterocycles. The molecule has 0 unspecified atom stereocenters. The number of carbonyl (C=O) groups excluding carboxylic acids is 1. The second-order valence-electron chi connectivity index (χ2n) is 6.18. The second-order valence-corrected chi connectivity index (χ2v) is 6.18. The van der Waals surface area contributed by atoms with E-state index in [2.05, 4.69) is 32.2 Å². The molecule has 1 aromatic carbocycles. The topological polar surface area (TPSA) is 52.6 Å². The highest BCUT2D eigenvalue weighted by molar-refractivity contribution is 5.89. The van der Waals surface area contributed by atoms with Crippen molar-refractivity contribution in [3.8, 4) is 0 Å². The number of benzene rings is 1. The number of nitrogens with one attached hydrogen (secondary N) is 1. The molecule has 2 rings (SSSR count). The van der Waals surface area contributed by atoms with Crippen LogP contribution in [0, 0.1) is 6.92 Å². The smallest absolute Gasteiger partial charge is 0.322 e. The van der Waals surface area contributed by atoms with Gasteiger partial charge in [-0.15, -0.1) is 0 Å². The summed E-state index contributed by atoms with van der Waals surface area (Å²) < 4.78 is 0. The molecule has 0 radical (unpaired) electrons. The Morgan fingerprint density at radius 1 is 1.43 bits per heavy atom. The Morgan fingerprint density at radius 3 is 2.86 bits per heavy atom. The molecule has 0 bridgehead atoms. The van der Waals surface area contributed by atoms with Crippen molar-refractivity contribution in [2.75, 3.05) is 18.5 Å². The molecule has 4 nitrogen and oxygen atoms in total. The summed E-state index contributed by atoms with van der Waals surface area (Å²) in [6.07, 6.45) is 2.97. The molecule has 1 heterocycles. The Labute approximate surface area is 127 Å². The van der Waals surface area contributed by atoms with Gasteiger partial charge in [-0.05, 0) is 55.4 Å². The number of piperidine rings is 1. The first-order valence-electron chi connectivity index (χ1n) is 7.82. The van der Waals surface area contributed by atoms with E-state index in [1.165, 1.54) is 11.1 Å². The molecule has 21 heavy (non-hydrogen) atoms. The van der Waals surface area contributed by atoms with Gasteiger partial charge in [0.15, 0.2) is 0 Å². The van der Waals surface area contributed by atoms with E-state index in [1.54, 1.807) is 4.90 Å². The molecule has 1 fully saturated rings. The number of carbonyl (C=O) groups is 1.